The maximum Gasteiger partial charge on any atom is 0.303 e. The van der Waals surface area contributed by atoms with Crippen LogP contribution in [0.25, 0.3) is 0 Å². The summed E-state index contributed by atoms with van der Waals surface area (Å²) in [6, 6.07) is 0. The van der Waals surface area contributed by atoms with Crippen molar-refractivity contribution in [1.82, 2.24) is 0 Å². The van der Waals surface area contributed by atoms with Gasteiger partial charge in [0.15, 0.2) is 0 Å². The first-order chi connectivity index (χ1) is 14.5. The van der Waals surface area contributed by atoms with E-state index in [4.69, 9.17) is 10.2 Å². The molecule has 1 unspecified atom stereocenters. The van der Waals surface area contributed by atoms with Crippen molar-refractivity contribution in [1.29, 1.82) is 0 Å². The lowest BCUT2D eigenvalue weighted by molar-refractivity contribution is -0.137. The van der Waals surface area contributed by atoms with E-state index in [-0.39, 0.29) is 42.0 Å². The van der Waals surface area contributed by atoms with Gasteiger partial charge in [-0.3, -0.25) is 9.59 Å². The topological polar surface area (TPSA) is 94.8 Å². The zero-order chi connectivity index (χ0) is 22.2. The van der Waals surface area contributed by atoms with Crippen LogP contribution in [0.1, 0.15) is 77.6 Å². The van der Waals surface area contributed by atoms with E-state index >= 15 is 0 Å². The van der Waals surface area contributed by atoms with Crippen LogP contribution in [0.15, 0.2) is 24.3 Å². The molecule has 0 aromatic heterocycles. The molecular weight excluding hydrogens is 400 g/mol. The van der Waals surface area contributed by atoms with Crippen LogP contribution in [-0.2, 0) is 9.59 Å². The minimum atomic E-state index is -0.782. The SMILES string of the molecule is CCCCCCC(O)CC=C[C@H]1[C@H](SCCO)CC(=O)[C@@H]1CC=CCCCC(=O)O. The van der Waals surface area contributed by atoms with E-state index in [9.17, 15) is 14.7 Å². The first-order valence-electron chi connectivity index (χ1n) is 11.5. The maximum atomic E-state index is 12.6. The molecule has 30 heavy (non-hydrogen) atoms. The van der Waals surface area contributed by atoms with E-state index in [1.165, 1.54) is 12.8 Å². The molecule has 6 heteroatoms. The lowest BCUT2D eigenvalue weighted by Gasteiger charge is -2.20. The highest BCUT2D eigenvalue weighted by Gasteiger charge is 2.40. The Morgan fingerprint density at radius 2 is 2.00 bits per heavy atom. The molecule has 0 spiro atoms. The van der Waals surface area contributed by atoms with Gasteiger partial charge in [0.1, 0.15) is 5.78 Å². The number of Topliss-reactive ketones (excluding diaryl/α,β-unsaturated/α-hetero) is 1. The third-order valence-corrected chi connectivity index (χ3v) is 6.94. The minimum Gasteiger partial charge on any atom is -0.481 e. The standard InChI is InChI=1S/C24H40O5S/c1-2-3-4-7-11-19(26)12-10-14-21-20(13-8-5-6-9-15-24(28)29)22(27)18-23(21)30-17-16-25/h5,8,10,14,19-21,23,25-26H,2-4,6-7,9,11-13,15-18H2,1H3,(H,28,29)/t19?,20-,21-,23-/m1/s1. The zero-order valence-corrected chi connectivity index (χ0v) is 19.2. The second-order valence-electron chi connectivity index (χ2n) is 8.15. The van der Waals surface area contributed by atoms with Crippen molar-refractivity contribution < 1.29 is 24.9 Å². The average molecular weight is 441 g/mol. The van der Waals surface area contributed by atoms with Crippen molar-refractivity contribution in [2.45, 2.75) is 88.9 Å². The highest BCUT2D eigenvalue weighted by atomic mass is 32.2. The number of ketones is 1. The third kappa shape index (κ3) is 11.3. The van der Waals surface area contributed by atoms with E-state index in [1.54, 1.807) is 11.8 Å². The van der Waals surface area contributed by atoms with Gasteiger partial charge in [0.25, 0.3) is 0 Å². The Morgan fingerprint density at radius 3 is 2.70 bits per heavy atom. The van der Waals surface area contributed by atoms with Crippen molar-refractivity contribution in [3.8, 4) is 0 Å². The van der Waals surface area contributed by atoms with Gasteiger partial charge in [-0.1, -0.05) is 56.9 Å². The molecule has 0 heterocycles. The molecule has 0 radical (unpaired) electrons. The molecule has 0 bridgehead atoms. The van der Waals surface area contributed by atoms with E-state index in [1.807, 2.05) is 18.2 Å². The lowest BCUT2D eigenvalue weighted by Crippen LogP contribution is -2.17. The van der Waals surface area contributed by atoms with Gasteiger partial charge >= 0.3 is 5.97 Å². The molecule has 0 aromatic rings. The first-order valence-corrected chi connectivity index (χ1v) is 12.5. The molecule has 1 saturated carbocycles. The Labute approximate surface area is 186 Å². The summed E-state index contributed by atoms with van der Waals surface area (Å²) in [6.07, 6.45) is 16.5. The van der Waals surface area contributed by atoms with Crippen LogP contribution in [0.4, 0.5) is 0 Å². The molecule has 0 amide bonds. The Morgan fingerprint density at radius 1 is 1.20 bits per heavy atom. The number of aliphatic hydroxyl groups is 2. The van der Waals surface area contributed by atoms with E-state index < -0.39 is 5.97 Å². The summed E-state index contributed by atoms with van der Waals surface area (Å²) < 4.78 is 0. The van der Waals surface area contributed by atoms with Crippen LogP contribution in [0.2, 0.25) is 0 Å². The number of carboxylic acids is 1. The van der Waals surface area contributed by atoms with Gasteiger partial charge in [-0.05, 0) is 38.0 Å². The summed E-state index contributed by atoms with van der Waals surface area (Å²) in [7, 11) is 0. The highest BCUT2D eigenvalue weighted by Crippen LogP contribution is 2.40. The minimum absolute atomic E-state index is 0.0742. The zero-order valence-electron chi connectivity index (χ0n) is 18.4. The largest absolute Gasteiger partial charge is 0.481 e. The average Bonchev–Trinajstić information content (AvgIpc) is 3.00. The number of allylic oxidation sites excluding steroid dienone is 3. The van der Waals surface area contributed by atoms with Gasteiger partial charge in [0.05, 0.1) is 12.7 Å². The molecular formula is C24H40O5S. The first kappa shape index (κ1) is 26.9. The Hall–Kier alpha value is -1.11. The van der Waals surface area contributed by atoms with E-state index in [0.29, 0.717) is 37.9 Å². The van der Waals surface area contributed by atoms with Gasteiger partial charge in [0, 0.05) is 29.8 Å². The molecule has 172 valence electrons. The second kappa shape index (κ2) is 16.6. The Kier molecular flexibility index (Phi) is 14.9. The number of carboxylic acid groups (broad SMARTS) is 1. The number of unbranched alkanes of at least 4 members (excludes halogenated alkanes) is 4. The van der Waals surface area contributed by atoms with Crippen LogP contribution in [0, 0.1) is 11.8 Å². The van der Waals surface area contributed by atoms with Gasteiger partial charge in [-0.15, -0.1) is 0 Å². The van der Waals surface area contributed by atoms with Crippen LogP contribution in [0.5, 0.6) is 0 Å². The molecule has 0 aliphatic heterocycles. The summed E-state index contributed by atoms with van der Waals surface area (Å²) in [4.78, 5) is 23.2. The number of carbonyl (C=O) groups is 2. The fraction of sp³-hybridized carbons (Fsp3) is 0.750. The van der Waals surface area contributed by atoms with Gasteiger partial charge in [0.2, 0.25) is 0 Å². The fourth-order valence-electron chi connectivity index (χ4n) is 3.93. The molecule has 1 aliphatic carbocycles. The number of hydrogen-bond acceptors (Lipinski definition) is 5. The second-order valence-corrected chi connectivity index (χ2v) is 9.49. The smallest absolute Gasteiger partial charge is 0.303 e. The van der Waals surface area contributed by atoms with Crippen LogP contribution < -0.4 is 0 Å². The van der Waals surface area contributed by atoms with Crippen LogP contribution >= 0.6 is 11.8 Å². The molecule has 3 N–H and O–H groups in total. The molecule has 0 aromatic carbocycles. The van der Waals surface area contributed by atoms with Gasteiger partial charge in [-0.25, -0.2) is 0 Å². The normalized spacial score (nSPS) is 23.0. The Bertz CT molecular complexity index is 546. The van der Waals surface area contributed by atoms with E-state index in [2.05, 4.69) is 13.0 Å². The summed E-state index contributed by atoms with van der Waals surface area (Å²) in [5.74, 6) is 0.145. The Balaban J connectivity index is 2.58. The quantitative estimate of drug-likeness (QED) is 0.223. The number of carbonyl (C=O) groups excluding carboxylic acids is 1. The fourth-order valence-corrected chi connectivity index (χ4v) is 5.12. The number of hydrogen-bond donors (Lipinski definition) is 3. The number of aliphatic hydroxyl groups excluding tert-OH is 2. The molecule has 1 fully saturated rings. The third-order valence-electron chi connectivity index (χ3n) is 5.61. The molecule has 1 aliphatic rings. The summed E-state index contributed by atoms with van der Waals surface area (Å²) in [5, 5.41) is 28.2. The summed E-state index contributed by atoms with van der Waals surface area (Å²) >= 11 is 1.65. The highest BCUT2D eigenvalue weighted by molar-refractivity contribution is 8.00. The number of rotatable bonds is 17. The van der Waals surface area contributed by atoms with Gasteiger partial charge < -0.3 is 15.3 Å². The summed E-state index contributed by atoms with van der Waals surface area (Å²) in [6.45, 7) is 2.28. The number of aliphatic carboxylic acids is 1. The predicted octanol–water partition coefficient (Wildman–Crippen LogP) is 4.76. The van der Waals surface area contributed by atoms with Gasteiger partial charge in [-0.2, -0.15) is 11.8 Å². The van der Waals surface area contributed by atoms with Crippen molar-refractivity contribution in [2.75, 3.05) is 12.4 Å². The van der Waals surface area contributed by atoms with Crippen LogP contribution in [-0.4, -0.2) is 50.8 Å². The van der Waals surface area contributed by atoms with Crippen molar-refractivity contribution in [3.63, 3.8) is 0 Å². The monoisotopic (exact) mass is 440 g/mol. The van der Waals surface area contributed by atoms with Crippen molar-refractivity contribution in [2.24, 2.45) is 11.8 Å². The lowest BCUT2D eigenvalue weighted by atomic mass is 9.91. The molecule has 4 atom stereocenters. The predicted molar refractivity (Wildman–Crippen MR) is 124 cm³/mol. The van der Waals surface area contributed by atoms with Crippen molar-refractivity contribution >= 4 is 23.5 Å². The molecule has 5 nitrogen and oxygen atoms in total. The molecule has 1 rings (SSSR count). The summed E-state index contributed by atoms with van der Waals surface area (Å²) in [5.41, 5.74) is 0. The molecule has 0 saturated heterocycles. The maximum absolute atomic E-state index is 12.6. The number of thioether (sulfide) groups is 1. The van der Waals surface area contributed by atoms with Crippen molar-refractivity contribution in [3.05, 3.63) is 24.3 Å². The van der Waals surface area contributed by atoms with E-state index in [0.717, 1.165) is 19.3 Å². The van der Waals surface area contributed by atoms with Crippen LogP contribution in [0.3, 0.4) is 0 Å².